The van der Waals surface area contributed by atoms with Crippen molar-refractivity contribution < 1.29 is 23.1 Å². The second-order valence-corrected chi connectivity index (χ2v) is 8.02. The Kier molecular flexibility index (Phi) is 7.03. The van der Waals surface area contributed by atoms with Crippen LogP contribution in [-0.4, -0.2) is 54.8 Å². The highest BCUT2D eigenvalue weighted by atomic mass is 32.2. The van der Waals surface area contributed by atoms with Gasteiger partial charge in [0.2, 0.25) is 15.9 Å². The molecule has 8 nitrogen and oxygen atoms in total. The number of carbonyl (C=O) groups excluding carboxylic acids is 1. The molecule has 0 aliphatic carbocycles. The zero-order valence-corrected chi connectivity index (χ0v) is 15.6. The molecule has 1 heterocycles. The molecule has 0 radical (unpaired) electrons. The number of carboxylic acids is 1. The van der Waals surface area contributed by atoms with Crippen molar-refractivity contribution in [2.24, 2.45) is 5.92 Å². The molecule has 1 aromatic heterocycles. The van der Waals surface area contributed by atoms with E-state index in [0.29, 0.717) is 0 Å². The van der Waals surface area contributed by atoms with Gasteiger partial charge >= 0.3 is 5.97 Å². The summed E-state index contributed by atoms with van der Waals surface area (Å²) in [6.45, 7) is -0.515. The minimum atomic E-state index is -3.84. The molecule has 2 rings (SSSR count). The predicted molar refractivity (Wildman–Crippen MR) is 98.3 cm³/mol. The molecule has 27 heavy (non-hydrogen) atoms. The summed E-state index contributed by atoms with van der Waals surface area (Å²) in [4.78, 5) is 27.2. The van der Waals surface area contributed by atoms with Crippen LogP contribution in [0.3, 0.4) is 0 Å². The van der Waals surface area contributed by atoms with E-state index in [1.807, 2.05) is 30.3 Å². The second kappa shape index (κ2) is 9.24. The van der Waals surface area contributed by atoms with Gasteiger partial charge < -0.3 is 10.4 Å². The van der Waals surface area contributed by atoms with Crippen LogP contribution in [-0.2, 0) is 26.0 Å². The Morgan fingerprint density at radius 1 is 1.19 bits per heavy atom. The zero-order valence-electron chi connectivity index (χ0n) is 14.8. The van der Waals surface area contributed by atoms with E-state index >= 15 is 0 Å². The normalized spacial score (nSPS) is 12.5. The van der Waals surface area contributed by atoms with Crippen molar-refractivity contribution in [1.82, 2.24) is 14.6 Å². The topological polar surface area (TPSA) is 117 Å². The van der Waals surface area contributed by atoms with Crippen molar-refractivity contribution in [3.63, 3.8) is 0 Å². The first-order valence-corrected chi connectivity index (χ1v) is 9.64. The summed E-state index contributed by atoms with van der Waals surface area (Å²) < 4.78 is 25.6. The molecule has 0 spiro atoms. The molecular formula is C18H21N3O5S. The minimum absolute atomic E-state index is 0.0206. The molecule has 1 amide bonds. The van der Waals surface area contributed by atoms with E-state index in [0.717, 1.165) is 9.87 Å². The Hall–Kier alpha value is -2.78. The number of aliphatic carboxylic acids is 1. The lowest BCUT2D eigenvalue weighted by molar-refractivity contribution is -0.141. The van der Waals surface area contributed by atoms with Gasteiger partial charge in [0.05, 0.1) is 12.5 Å². The average molecular weight is 391 g/mol. The van der Waals surface area contributed by atoms with Gasteiger partial charge in [-0.15, -0.1) is 0 Å². The van der Waals surface area contributed by atoms with Gasteiger partial charge in [-0.05, 0) is 24.1 Å². The quantitative estimate of drug-likeness (QED) is 0.652. The third-order valence-corrected chi connectivity index (χ3v) is 5.72. The molecule has 2 N–H and O–H groups in total. The molecule has 1 unspecified atom stereocenters. The van der Waals surface area contributed by atoms with E-state index in [4.69, 9.17) is 0 Å². The highest BCUT2D eigenvalue weighted by molar-refractivity contribution is 7.89. The molecule has 9 heteroatoms. The number of amides is 1. The number of hydrogen-bond acceptors (Lipinski definition) is 5. The number of nitrogens with one attached hydrogen (secondary N) is 1. The van der Waals surface area contributed by atoms with Crippen LogP contribution >= 0.6 is 0 Å². The largest absolute Gasteiger partial charge is 0.481 e. The number of pyridine rings is 1. The van der Waals surface area contributed by atoms with Gasteiger partial charge in [0.15, 0.2) is 0 Å². The first kappa shape index (κ1) is 20.5. The van der Waals surface area contributed by atoms with Gasteiger partial charge in [0, 0.05) is 26.0 Å². The maximum atomic E-state index is 12.4. The fraction of sp³-hybridized carbons (Fsp3) is 0.278. The zero-order chi connectivity index (χ0) is 19.9. The number of rotatable bonds is 9. The van der Waals surface area contributed by atoms with Gasteiger partial charge in [-0.1, -0.05) is 30.3 Å². The molecule has 144 valence electrons. The highest BCUT2D eigenvalue weighted by Gasteiger charge is 2.24. The number of benzene rings is 1. The lowest BCUT2D eigenvalue weighted by Crippen LogP contribution is -2.41. The predicted octanol–water partition coefficient (Wildman–Crippen LogP) is 0.762. The number of likely N-dealkylation sites (N-methyl/N-ethyl adjacent to an activating group) is 1. The molecule has 2 aromatic rings. The molecular weight excluding hydrogens is 370 g/mol. The van der Waals surface area contributed by atoms with E-state index in [1.54, 1.807) is 0 Å². The Bertz CT molecular complexity index is 872. The SMILES string of the molecule is CN(CC(=O)NCC(Cc1ccccc1)C(=O)O)S(=O)(=O)c1cccnc1. The van der Waals surface area contributed by atoms with Gasteiger partial charge in [-0.25, -0.2) is 8.42 Å². The summed E-state index contributed by atoms with van der Waals surface area (Å²) >= 11 is 0. The third kappa shape index (κ3) is 5.87. The van der Waals surface area contributed by atoms with Crippen LogP contribution < -0.4 is 5.32 Å². The van der Waals surface area contributed by atoms with Crippen LogP contribution in [0.2, 0.25) is 0 Å². The lowest BCUT2D eigenvalue weighted by atomic mass is 9.99. The maximum Gasteiger partial charge on any atom is 0.308 e. The Balaban J connectivity index is 1.93. The van der Waals surface area contributed by atoms with Crippen LogP contribution in [0, 0.1) is 5.92 Å². The molecule has 0 aliphatic heterocycles. The molecule has 0 fully saturated rings. The molecule has 1 atom stereocenters. The lowest BCUT2D eigenvalue weighted by Gasteiger charge is -2.18. The fourth-order valence-electron chi connectivity index (χ4n) is 2.41. The van der Waals surface area contributed by atoms with Crippen molar-refractivity contribution in [3.8, 4) is 0 Å². The number of carbonyl (C=O) groups is 2. The van der Waals surface area contributed by atoms with Crippen LogP contribution in [0.25, 0.3) is 0 Å². The fourth-order valence-corrected chi connectivity index (χ4v) is 3.50. The Labute approximate surface area is 157 Å². The Morgan fingerprint density at radius 2 is 1.89 bits per heavy atom. The average Bonchev–Trinajstić information content (AvgIpc) is 2.66. The highest BCUT2D eigenvalue weighted by Crippen LogP contribution is 2.12. The van der Waals surface area contributed by atoms with Crippen LogP contribution in [0.5, 0.6) is 0 Å². The second-order valence-electron chi connectivity index (χ2n) is 5.98. The van der Waals surface area contributed by atoms with E-state index in [9.17, 15) is 23.1 Å². The first-order chi connectivity index (χ1) is 12.8. The van der Waals surface area contributed by atoms with E-state index in [1.165, 1.54) is 31.6 Å². The van der Waals surface area contributed by atoms with Crippen LogP contribution in [0.15, 0.2) is 59.8 Å². The number of hydrogen-bond donors (Lipinski definition) is 2. The molecule has 0 saturated heterocycles. The van der Waals surface area contributed by atoms with E-state index < -0.39 is 34.4 Å². The molecule has 1 aromatic carbocycles. The number of nitrogens with zero attached hydrogens (tertiary/aromatic N) is 2. The Morgan fingerprint density at radius 3 is 2.48 bits per heavy atom. The summed E-state index contributed by atoms with van der Waals surface area (Å²) in [6, 6.07) is 12.0. The summed E-state index contributed by atoms with van der Waals surface area (Å²) in [6.07, 6.45) is 2.91. The number of carboxylic acid groups (broad SMARTS) is 1. The first-order valence-electron chi connectivity index (χ1n) is 8.20. The van der Waals surface area contributed by atoms with Crippen LogP contribution in [0.4, 0.5) is 0 Å². The summed E-state index contributed by atoms with van der Waals surface area (Å²) in [5, 5.41) is 11.8. The van der Waals surface area contributed by atoms with E-state index in [-0.39, 0.29) is 17.9 Å². The van der Waals surface area contributed by atoms with Crippen molar-refractivity contribution >= 4 is 21.9 Å². The number of aromatic nitrogens is 1. The molecule has 0 saturated carbocycles. The maximum absolute atomic E-state index is 12.4. The summed E-state index contributed by atoms with van der Waals surface area (Å²) in [5.74, 6) is -2.42. The molecule has 0 aliphatic rings. The third-order valence-electron chi connectivity index (χ3n) is 3.93. The van der Waals surface area contributed by atoms with Crippen molar-refractivity contribution in [1.29, 1.82) is 0 Å². The number of sulfonamides is 1. The van der Waals surface area contributed by atoms with Crippen LogP contribution in [0.1, 0.15) is 5.56 Å². The molecule has 0 bridgehead atoms. The van der Waals surface area contributed by atoms with Gasteiger partial charge in [-0.2, -0.15) is 4.31 Å². The summed E-state index contributed by atoms with van der Waals surface area (Å²) in [5.41, 5.74) is 0.843. The van der Waals surface area contributed by atoms with Gasteiger partial charge in [-0.3, -0.25) is 14.6 Å². The minimum Gasteiger partial charge on any atom is -0.481 e. The van der Waals surface area contributed by atoms with Gasteiger partial charge in [0.1, 0.15) is 4.90 Å². The van der Waals surface area contributed by atoms with Gasteiger partial charge in [0.25, 0.3) is 0 Å². The smallest absolute Gasteiger partial charge is 0.308 e. The van der Waals surface area contributed by atoms with Crippen molar-refractivity contribution in [3.05, 3.63) is 60.4 Å². The standard InChI is InChI=1S/C18H21N3O5S/c1-21(27(25,26)16-8-5-9-19-12-16)13-17(22)20-11-15(18(23)24)10-14-6-3-2-4-7-14/h2-9,12,15H,10-11,13H2,1H3,(H,20,22)(H,23,24). The monoisotopic (exact) mass is 391 g/mol. The summed E-state index contributed by atoms with van der Waals surface area (Å²) in [7, 11) is -2.57. The van der Waals surface area contributed by atoms with E-state index in [2.05, 4.69) is 10.3 Å². The van der Waals surface area contributed by atoms with Crippen molar-refractivity contribution in [2.45, 2.75) is 11.3 Å². The van der Waals surface area contributed by atoms with Crippen molar-refractivity contribution in [2.75, 3.05) is 20.1 Å².